The van der Waals surface area contributed by atoms with Gasteiger partial charge in [-0.1, -0.05) is 29.8 Å². The van der Waals surface area contributed by atoms with Crippen LogP contribution in [0.2, 0.25) is 0 Å². The van der Waals surface area contributed by atoms with Gasteiger partial charge in [-0.3, -0.25) is 0 Å². The molecule has 0 saturated heterocycles. The van der Waals surface area contributed by atoms with Gasteiger partial charge in [0.1, 0.15) is 0 Å². The minimum Gasteiger partial charge on any atom is -0.313 e. The minimum atomic E-state index is 0.481. The first-order chi connectivity index (χ1) is 9.01. The lowest BCUT2D eigenvalue weighted by molar-refractivity contribution is 0.180. The van der Waals surface area contributed by atoms with E-state index in [9.17, 15) is 0 Å². The molecule has 1 fully saturated rings. The molecule has 0 bridgehead atoms. The van der Waals surface area contributed by atoms with Gasteiger partial charge >= 0.3 is 0 Å². The molecule has 0 amide bonds. The first kappa shape index (κ1) is 15.8. The molecule has 1 saturated carbocycles. The molecule has 3 unspecified atom stereocenters. The first-order valence-electron chi connectivity index (χ1n) is 7.13. The SMILES string of the molecule is CNC(c1cc(Br)ccc1I)C1CC(C)CC(C)C1. The van der Waals surface area contributed by atoms with Crippen LogP contribution in [0.1, 0.15) is 44.7 Å². The van der Waals surface area contributed by atoms with E-state index in [4.69, 9.17) is 0 Å². The van der Waals surface area contributed by atoms with Crippen molar-refractivity contribution in [3.8, 4) is 0 Å². The van der Waals surface area contributed by atoms with Crippen LogP contribution in [-0.2, 0) is 0 Å². The molecule has 3 heteroatoms. The summed E-state index contributed by atoms with van der Waals surface area (Å²) in [6.45, 7) is 4.81. The van der Waals surface area contributed by atoms with E-state index in [0.717, 1.165) is 17.8 Å². The molecule has 0 aromatic heterocycles. The maximum Gasteiger partial charge on any atom is 0.0357 e. The predicted molar refractivity (Wildman–Crippen MR) is 94.3 cm³/mol. The highest BCUT2D eigenvalue weighted by Gasteiger charge is 2.31. The van der Waals surface area contributed by atoms with Crippen molar-refractivity contribution in [2.24, 2.45) is 17.8 Å². The lowest BCUT2D eigenvalue weighted by atomic mass is 9.72. The van der Waals surface area contributed by atoms with Crippen LogP contribution >= 0.6 is 38.5 Å². The third kappa shape index (κ3) is 3.94. The molecule has 1 aliphatic rings. The lowest BCUT2D eigenvalue weighted by Gasteiger charge is -2.37. The fourth-order valence-corrected chi connectivity index (χ4v) is 4.73. The summed E-state index contributed by atoms with van der Waals surface area (Å²) in [6, 6.07) is 7.10. The molecule has 106 valence electrons. The lowest BCUT2D eigenvalue weighted by Crippen LogP contribution is -2.32. The van der Waals surface area contributed by atoms with Crippen LogP contribution in [-0.4, -0.2) is 7.05 Å². The Bertz CT molecular complexity index is 425. The van der Waals surface area contributed by atoms with Crippen molar-refractivity contribution in [3.63, 3.8) is 0 Å². The Hall–Kier alpha value is 0.390. The van der Waals surface area contributed by atoms with Crippen LogP contribution in [0, 0.1) is 21.3 Å². The summed E-state index contributed by atoms with van der Waals surface area (Å²) in [7, 11) is 2.10. The second kappa shape index (κ2) is 6.90. The van der Waals surface area contributed by atoms with Gasteiger partial charge < -0.3 is 5.32 Å². The maximum absolute atomic E-state index is 3.61. The highest BCUT2D eigenvalue weighted by Crippen LogP contribution is 2.41. The smallest absolute Gasteiger partial charge is 0.0357 e. The van der Waals surface area contributed by atoms with E-state index < -0.39 is 0 Å². The van der Waals surface area contributed by atoms with Crippen LogP contribution in [0.25, 0.3) is 0 Å². The zero-order valence-corrected chi connectivity index (χ0v) is 15.7. The van der Waals surface area contributed by atoms with Crippen molar-refractivity contribution >= 4 is 38.5 Å². The van der Waals surface area contributed by atoms with Gasteiger partial charge in [0, 0.05) is 14.1 Å². The number of halogens is 2. The van der Waals surface area contributed by atoms with Crippen molar-refractivity contribution in [1.29, 1.82) is 0 Å². The zero-order chi connectivity index (χ0) is 14.0. The molecular formula is C16H23BrIN. The number of hydrogen-bond acceptors (Lipinski definition) is 1. The van der Waals surface area contributed by atoms with Crippen LogP contribution in [0.15, 0.2) is 22.7 Å². The molecule has 1 aromatic carbocycles. The van der Waals surface area contributed by atoms with Gasteiger partial charge in [-0.15, -0.1) is 0 Å². The maximum atomic E-state index is 3.61. The molecule has 0 heterocycles. The molecule has 2 rings (SSSR count). The normalized spacial score (nSPS) is 29.2. The Labute approximate surface area is 139 Å². The van der Waals surface area contributed by atoms with E-state index in [1.54, 1.807) is 0 Å². The first-order valence-corrected chi connectivity index (χ1v) is 9.00. The third-order valence-electron chi connectivity index (χ3n) is 4.29. The zero-order valence-electron chi connectivity index (χ0n) is 11.9. The van der Waals surface area contributed by atoms with Gasteiger partial charge in [0.05, 0.1) is 0 Å². The van der Waals surface area contributed by atoms with E-state index in [-0.39, 0.29) is 0 Å². The summed E-state index contributed by atoms with van der Waals surface area (Å²) in [5, 5.41) is 3.57. The van der Waals surface area contributed by atoms with E-state index in [1.165, 1.54) is 32.9 Å². The molecule has 1 aliphatic carbocycles. The molecular weight excluding hydrogens is 413 g/mol. The van der Waals surface area contributed by atoms with Gasteiger partial charge in [0.25, 0.3) is 0 Å². The standard InChI is InChI=1S/C16H23BrIN/c1-10-6-11(2)8-12(7-10)16(19-3)14-9-13(17)4-5-15(14)18/h4-5,9-12,16,19H,6-8H2,1-3H3. The highest BCUT2D eigenvalue weighted by atomic mass is 127. The summed E-state index contributed by atoms with van der Waals surface area (Å²) >= 11 is 6.07. The third-order valence-corrected chi connectivity index (χ3v) is 5.77. The van der Waals surface area contributed by atoms with Crippen LogP contribution < -0.4 is 5.32 Å². The van der Waals surface area contributed by atoms with Crippen molar-refractivity contribution in [3.05, 3.63) is 31.8 Å². The summed E-state index contributed by atoms with van der Waals surface area (Å²) in [6.07, 6.45) is 4.08. The van der Waals surface area contributed by atoms with Gasteiger partial charge in [-0.2, -0.15) is 0 Å². The van der Waals surface area contributed by atoms with Gasteiger partial charge in [0.2, 0.25) is 0 Å². The Balaban J connectivity index is 2.26. The molecule has 1 nitrogen and oxygen atoms in total. The summed E-state index contributed by atoms with van der Waals surface area (Å²) in [5.41, 5.74) is 1.45. The van der Waals surface area contributed by atoms with Crippen LogP contribution in [0.5, 0.6) is 0 Å². The quantitative estimate of drug-likeness (QED) is 0.628. The van der Waals surface area contributed by atoms with Crippen molar-refractivity contribution in [2.45, 2.75) is 39.2 Å². The van der Waals surface area contributed by atoms with Gasteiger partial charge in [-0.05, 0) is 90.4 Å². The van der Waals surface area contributed by atoms with Gasteiger partial charge in [0.15, 0.2) is 0 Å². The summed E-state index contributed by atoms with van der Waals surface area (Å²) in [5.74, 6) is 2.47. The Morgan fingerprint density at radius 3 is 2.42 bits per heavy atom. The second-order valence-electron chi connectivity index (χ2n) is 6.11. The highest BCUT2D eigenvalue weighted by molar-refractivity contribution is 14.1. The van der Waals surface area contributed by atoms with E-state index in [1.807, 2.05) is 0 Å². The average molecular weight is 436 g/mol. The molecule has 0 aliphatic heterocycles. The summed E-state index contributed by atoms with van der Waals surface area (Å²) < 4.78 is 2.55. The summed E-state index contributed by atoms with van der Waals surface area (Å²) in [4.78, 5) is 0. The molecule has 0 spiro atoms. The van der Waals surface area contributed by atoms with Crippen LogP contribution in [0.3, 0.4) is 0 Å². The van der Waals surface area contributed by atoms with Crippen molar-refractivity contribution in [2.75, 3.05) is 7.05 Å². The van der Waals surface area contributed by atoms with Crippen molar-refractivity contribution < 1.29 is 0 Å². The Morgan fingerprint density at radius 2 is 1.84 bits per heavy atom. The fourth-order valence-electron chi connectivity index (χ4n) is 3.68. The number of nitrogens with one attached hydrogen (secondary N) is 1. The second-order valence-corrected chi connectivity index (χ2v) is 8.19. The van der Waals surface area contributed by atoms with E-state index in [2.05, 4.69) is 82.9 Å². The largest absolute Gasteiger partial charge is 0.313 e. The number of hydrogen-bond donors (Lipinski definition) is 1. The van der Waals surface area contributed by atoms with Gasteiger partial charge in [-0.25, -0.2) is 0 Å². The number of benzene rings is 1. The predicted octanol–water partition coefficient (Wildman–Crippen LogP) is 5.39. The molecule has 0 radical (unpaired) electrons. The average Bonchev–Trinajstić information content (AvgIpc) is 2.33. The minimum absolute atomic E-state index is 0.481. The topological polar surface area (TPSA) is 12.0 Å². The number of rotatable bonds is 3. The van der Waals surface area contributed by atoms with Crippen molar-refractivity contribution in [1.82, 2.24) is 5.32 Å². The fraction of sp³-hybridized carbons (Fsp3) is 0.625. The molecule has 19 heavy (non-hydrogen) atoms. The van der Waals surface area contributed by atoms with Crippen LogP contribution in [0.4, 0.5) is 0 Å². The Morgan fingerprint density at radius 1 is 1.21 bits per heavy atom. The van der Waals surface area contributed by atoms with E-state index >= 15 is 0 Å². The molecule has 1 aromatic rings. The monoisotopic (exact) mass is 435 g/mol. The van der Waals surface area contributed by atoms with E-state index in [0.29, 0.717) is 6.04 Å². The molecule has 1 N–H and O–H groups in total. The Kier molecular flexibility index (Phi) is 5.73. The molecule has 3 atom stereocenters.